The Balaban J connectivity index is 0.00000289. The van der Waals surface area contributed by atoms with Gasteiger partial charge >= 0.3 is 5.97 Å². The first-order chi connectivity index (χ1) is 7.73. The van der Waals surface area contributed by atoms with E-state index in [9.17, 15) is 13.2 Å². The fraction of sp³-hybridized carbons (Fsp3) is 0.889. The normalized spacial score (nSPS) is 21.9. The van der Waals surface area contributed by atoms with Gasteiger partial charge in [0.2, 0.25) is 10.0 Å². The van der Waals surface area contributed by atoms with E-state index < -0.39 is 28.1 Å². The Morgan fingerprint density at radius 1 is 1.28 bits per heavy atom. The van der Waals surface area contributed by atoms with Gasteiger partial charge in [-0.1, -0.05) is 0 Å². The van der Waals surface area contributed by atoms with Gasteiger partial charge in [0.15, 0.2) is 0 Å². The standard InChI is InChI=1S/C9H19N3O4S.ClH/c1-7(10)8(9(13)14)11-3-5-12(6-4-11)17(2,15)16;/h7-8H,3-6,10H2,1-2H3,(H,13,14);1H. The van der Waals surface area contributed by atoms with Crippen molar-refractivity contribution in [2.45, 2.75) is 19.0 Å². The molecule has 0 bridgehead atoms. The van der Waals surface area contributed by atoms with Crippen LogP contribution in [-0.4, -0.2) is 73.2 Å². The summed E-state index contributed by atoms with van der Waals surface area (Å²) in [5, 5.41) is 9.07. The molecular weight excluding hydrogens is 282 g/mol. The van der Waals surface area contributed by atoms with Crippen LogP contribution < -0.4 is 5.73 Å². The monoisotopic (exact) mass is 301 g/mol. The molecule has 1 saturated heterocycles. The second-order valence-corrected chi connectivity index (χ2v) is 6.32. The van der Waals surface area contributed by atoms with Gasteiger partial charge in [-0.3, -0.25) is 9.69 Å². The van der Waals surface area contributed by atoms with Gasteiger partial charge in [-0.25, -0.2) is 8.42 Å². The van der Waals surface area contributed by atoms with E-state index in [-0.39, 0.29) is 12.4 Å². The summed E-state index contributed by atoms with van der Waals surface area (Å²) in [5.74, 6) is -0.965. The van der Waals surface area contributed by atoms with E-state index in [4.69, 9.17) is 10.8 Å². The molecule has 0 aliphatic carbocycles. The molecule has 1 rings (SSSR count). The highest BCUT2D eigenvalue weighted by molar-refractivity contribution is 7.88. The molecule has 3 N–H and O–H groups in total. The minimum absolute atomic E-state index is 0. The maximum absolute atomic E-state index is 11.3. The number of carboxylic acids is 1. The Kier molecular flexibility index (Phi) is 6.52. The second-order valence-electron chi connectivity index (χ2n) is 4.34. The smallest absolute Gasteiger partial charge is 0.322 e. The quantitative estimate of drug-likeness (QED) is 0.675. The Hall–Kier alpha value is -0.410. The highest BCUT2D eigenvalue weighted by Gasteiger charge is 2.33. The average molecular weight is 302 g/mol. The number of hydrogen-bond acceptors (Lipinski definition) is 5. The minimum Gasteiger partial charge on any atom is -0.480 e. The number of nitrogens with two attached hydrogens (primary N) is 1. The Morgan fingerprint density at radius 2 is 1.72 bits per heavy atom. The Bertz CT molecular complexity index is 379. The van der Waals surface area contributed by atoms with E-state index in [1.54, 1.807) is 11.8 Å². The van der Waals surface area contributed by atoms with Crippen LogP contribution in [0.25, 0.3) is 0 Å². The molecule has 108 valence electrons. The number of carboxylic acid groups (broad SMARTS) is 1. The molecule has 0 radical (unpaired) electrons. The van der Waals surface area contributed by atoms with Gasteiger partial charge in [0.25, 0.3) is 0 Å². The molecule has 0 aromatic rings. The summed E-state index contributed by atoms with van der Waals surface area (Å²) in [6, 6.07) is -1.24. The third kappa shape index (κ3) is 4.36. The van der Waals surface area contributed by atoms with Gasteiger partial charge < -0.3 is 10.8 Å². The summed E-state index contributed by atoms with van der Waals surface area (Å²) < 4.78 is 23.9. The zero-order chi connectivity index (χ0) is 13.2. The third-order valence-corrected chi connectivity index (χ3v) is 4.19. The van der Waals surface area contributed by atoms with E-state index in [0.717, 1.165) is 6.26 Å². The molecule has 9 heteroatoms. The van der Waals surface area contributed by atoms with Crippen LogP contribution in [0.1, 0.15) is 6.92 Å². The Labute approximate surface area is 113 Å². The lowest BCUT2D eigenvalue weighted by Crippen LogP contribution is -2.58. The lowest BCUT2D eigenvalue weighted by atomic mass is 10.1. The molecule has 7 nitrogen and oxygen atoms in total. The molecule has 1 heterocycles. The number of aliphatic carboxylic acids is 1. The van der Waals surface area contributed by atoms with E-state index in [1.165, 1.54) is 4.31 Å². The highest BCUT2D eigenvalue weighted by Crippen LogP contribution is 2.11. The maximum atomic E-state index is 11.3. The SMILES string of the molecule is CC(N)C(C(=O)O)N1CCN(S(C)(=O)=O)CC1.Cl. The number of nitrogens with zero attached hydrogens (tertiary/aromatic N) is 2. The first kappa shape index (κ1) is 17.6. The fourth-order valence-electron chi connectivity index (χ4n) is 2.03. The zero-order valence-corrected chi connectivity index (χ0v) is 12.1. The van der Waals surface area contributed by atoms with Gasteiger partial charge in [0.1, 0.15) is 6.04 Å². The summed E-state index contributed by atoms with van der Waals surface area (Å²) >= 11 is 0. The van der Waals surface area contributed by atoms with Gasteiger partial charge in [-0.15, -0.1) is 12.4 Å². The molecule has 18 heavy (non-hydrogen) atoms. The van der Waals surface area contributed by atoms with Crippen LogP contribution >= 0.6 is 12.4 Å². The van der Waals surface area contributed by atoms with Crippen molar-refractivity contribution in [3.63, 3.8) is 0 Å². The minimum atomic E-state index is -3.19. The van der Waals surface area contributed by atoms with Crippen LogP contribution in [0, 0.1) is 0 Å². The average Bonchev–Trinajstić information content (AvgIpc) is 2.15. The van der Waals surface area contributed by atoms with E-state index in [0.29, 0.717) is 26.2 Å². The molecule has 0 aromatic heterocycles. The van der Waals surface area contributed by atoms with Crippen LogP contribution in [0.4, 0.5) is 0 Å². The third-order valence-electron chi connectivity index (χ3n) is 2.89. The molecule has 2 unspecified atom stereocenters. The number of hydrogen-bond donors (Lipinski definition) is 2. The molecule has 0 amide bonds. The molecule has 1 aliphatic rings. The molecule has 0 aromatic carbocycles. The fourth-order valence-corrected chi connectivity index (χ4v) is 2.85. The number of sulfonamides is 1. The van der Waals surface area contributed by atoms with Crippen LogP contribution in [-0.2, 0) is 14.8 Å². The van der Waals surface area contributed by atoms with Gasteiger partial charge in [-0.2, -0.15) is 4.31 Å². The summed E-state index contributed by atoms with van der Waals surface area (Å²) in [6.45, 7) is 3.06. The summed E-state index contributed by atoms with van der Waals surface area (Å²) in [6.07, 6.45) is 1.16. The van der Waals surface area contributed by atoms with Crippen LogP contribution in [0.5, 0.6) is 0 Å². The number of carbonyl (C=O) groups is 1. The topological polar surface area (TPSA) is 104 Å². The van der Waals surface area contributed by atoms with Crippen molar-refractivity contribution in [1.29, 1.82) is 0 Å². The maximum Gasteiger partial charge on any atom is 0.322 e. The van der Waals surface area contributed by atoms with Gasteiger partial charge in [0.05, 0.1) is 6.26 Å². The van der Waals surface area contributed by atoms with E-state index in [2.05, 4.69) is 0 Å². The summed E-state index contributed by atoms with van der Waals surface area (Å²) in [5.41, 5.74) is 5.63. The summed E-state index contributed by atoms with van der Waals surface area (Å²) in [4.78, 5) is 12.8. The predicted octanol–water partition coefficient (Wildman–Crippen LogP) is -1.21. The van der Waals surface area contributed by atoms with E-state index in [1.807, 2.05) is 0 Å². The molecule has 1 fully saturated rings. The first-order valence-corrected chi connectivity index (χ1v) is 7.26. The Morgan fingerprint density at radius 3 is 2.00 bits per heavy atom. The van der Waals surface area contributed by atoms with Crippen molar-refractivity contribution in [3.8, 4) is 0 Å². The number of rotatable bonds is 4. The van der Waals surface area contributed by atoms with Crippen molar-refractivity contribution in [2.24, 2.45) is 5.73 Å². The lowest BCUT2D eigenvalue weighted by molar-refractivity contribution is -0.144. The largest absolute Gasteiger partial charge is 0.480 e. The second kappa shape index (κ2) is 6.67. The van der Waals surface area contributed by atoms with Crippen LogP contribution in [0.3, 0.4) is 0 Å². The molecule has 2 atom stereocenters. The molecular formula is C9H20ClN3O4S. The van der Waals surface area contributed by atoms with Crippen molar-refractivity contribution < 1.29 is 18.3 Å². The van der Waals surface area contributed by atoms with E-state index >= 15 is 0 Å². The molecule has 0 spiro atoms. The van der Waals surface area contributed by atoms with Crippen molar-refractivity contribution in [2.75, 3.05) is 32.4 Å². The van der Waals surface area contributed by atoms with Gasteiger partial charge in [-0.05, 0) is 6.92 Å². The summed E-state index contributed by atoms with van der Waals surface area (Å²) in [7, 11) is -3.19. The zero-order valence-electron chi connectivity index (χ0n) is 10.4. The van der Waals surface area contributed by atoms with Crippen molar-refractivity contribution >= 4 is 28.4 Å². The number of halogens is 1. The molecule has 0 saturated carbocycles. The highest BCUT2D eigenvalue weighted by atomic mass is 35.5. The predicted molar refractivity (Wildman–Crippen MR) is 70.3 cm³/mol. The van der Waals surface area contributed by atoms with Crippen molar-refractivity contribution in [3.05, 3.63) is 0 Å². The van der Waals surface area contributed by atoms with Gasteiger partial charge in [0, 0.05) is 32.2 Å². The first-order valence-electron chi connectivity index (χ1n) is 5.41. The number of piperazine rings is 1. The van der Waals surface area contributed by atoms with Crippen molar-refractivity contribution in [1.82, 2.24) is 9.21 Å². The molecule has 1 aliphatic heterocycles. The van der Waals surface area contributed by atoms with Crippen LogP contribution in [0.2, 0.25) is 0 Å². The lowest BCUT2D eigenvalue weighted by Gasteiger charge is -2.37. The van der Waals surface area contributed by atoms with Crippen LogP contribution in [0.15, 0.2) is 0 Å².